The highest BCUT2D eigenvalue weighted by atomic mass is 35.5. The van der Waals surface area contributed by atoms with Gasteiger partial charge in [0.05, 0.1) is 5.92 Å². The second kappa shape index (κ2) is 3.03. The minimum Gasteiger partial charge on any atom is -0.461 e. The van der Waals surface area contributed by atoms with Crippen molar-refractivity contribution >= 4 is 29.2 Å². The molecule has 2 nitrogen and oxygen atoms in total. The van der Waals surface area contributed by atoms with Crippen molar-refractivity contribution in [3.63, 3.8) is 0 Å². The zero-order valence-corrected chi connectivity index (χ0v) is 7.36. The Bertz CT molecular complexity index is 189. The van der Waals surface area contributed by atoms with E-state index in [4.69, 9.17) is 27.9 Å². The normalized spacial score (nSPS) is 25.8. The van der Waals surface area contributed by atoms with Gasteiger partial charge in [0.15, 0.2) is 0 Å². The predicted molar refractivity (Wildman–Crippen MR) is 43.7 cm³/mol. The van der Waals surface area contributed by atoms with E-state index in [1.165, 1.54) is 6.08 Å². The topological polar surface area (TPSA) is 26.3 Å². The van der Waals surface area contributed by atoms with Crippen molar-refractivity contribution in [2.75, 3.05) is 6.61 Å². The van der Waals surface area contributed by atoms with Gasteiger partial charge >= 0.3 is 5.97 Å². The number of halogens is 2. The number of hydrogen-bond acceptors (Lipinski definition) is 2. The van der Waals surface area contributed by atoms with Gasteiger partial charge < -0.3 is 4.74 Å². The third-order valence-electron chi connectivity index (χ3n) is 1.45. The molecule has 0 spiro atoms. The number of alkyl halides is 2. The van der Waals surface area contributed by atoms with Gasteiger partial charge in [-0.1, -0.05) is 12.7 Å². The average molecular weight is 195 g/mol. The van der Waals surface area contributed by atoms with E-state index >= 15 is 0 Å². The summed E-state index contributed by atoms with van der Waals surface area (Å²) in [6.45, 7) is 3.63. The standard InChI is InChI=1S/C7H8Cl2O2/c1-2-3-11-6(10)5-4-7(5,8)9/h2,5H,1,3-4H2. The summed E-state index contributed by atoms with van der Waals surface area (Å²) in [5, 5.41) is 0. The Labute approximate surface area is 75.1 Å². The smallest absolute Gasteiger partial charge is 0.312 e. The number of rotatable bonds is 3. The Morgan fingerprint density at radius 3 is 2.73 bits per heavy atom. The molecule has 1 aliphatic carbocycles. The molecular formula is C7H8Cl2O2. The van der Waals surface area contributed by atoms with E-state index in [2.05, 4.69) is 6.58 Å². The molecule has 1 aliphatic rings. The van der Waals surface area contributed by atoms with Crippen molar-refractivity contribution < 1.29 is 9.53 Å². The summed E-state index contributed by atoms with van der Waals surface area (Å²) < 4.78 is 3.85. The minimum absolute atomic E-state index is 0.221. The Morgan fingerprint density at radius 2 is 2.36 bits per heavy atom. The van der Waals surface area contributed by atoms with Crippen LogP contribution in [0.3, 0.4) is 0 Å². The molecule has 0 heterocycles. The van der Waals surface area contributed by atoms with Crippen LogP contribution in [-0.2, 0) is 9.53 Å². The van der Waals surface area contributed by atoms with Crippen LogP contribution in [0.1, 0.15) is 6.42 Å². The van der Waals surface area contributed by atoms with E-state index in [0.717, 1.165) is 0 Å². The summed E-state index contributed by atoms with van der Waals surface area (Å²) in [7, 11) is 0. The lowest BCUT2D eigenvalue weighted by molar-refractivity contribution is -0.143. The fourth-order valence-electron chi connectivity index (χ4n) is 0.711. The van der Waals surface area contributed by atoms with Gasteiger partial charge in [-0.05, 0) is 6.42 Å². The van der Waals surface area contributed by atoms with E-state index in [9.17, 15) is 4.79 Å². The quantitative estimate of drug-likeness (QED) is 0.390. The van der Waals surface area contributed by atoms with Crippen LogP contribution in [0.2, 0.25) is 0 Å². The monoisotopic (exact) mass is 194 g/mol. The van der Waals surface area contributed by atoms with Crippen molar-refractivity contribution in [2.24, 2.45) is 5.92 Å². The summed E-state index contributed by atoms with van der Waals surface area (Å²) in [6, 6.07) is 0. The van der Waals surface area contributed by atoms with E-state index in [1.807, 2.05) is 0 Å². The van der Waals surface area contributed by atoms with Gasteiger partial charge in [-0.3, -0.25) is 4.79 Å². The Morgan fingerprint density at radius 1 is 1.82 bits per heavy atom. The van der Waals surface area contributed by atoms with Crippen LogP contribution in [0.25, 0.3) is 0 Å². The van der Waals surface area contributed by atoms with Crippen LogP contribution in [0, 0.1) is 5.92 Å². The van der Waals surface area contributed by atoms with Gasteiger partial charge in [0.1, 0.15) is 10.9 Å². The second-order valence-corrected chi connectivity index (χ2v) is 3.98. The molecule has 1 saturated carbocycles. The molecule has 0 amide bonds. The number of esters is 1. The van der Waals surface area contributed by atoms with Crippen molar-refractivity contribution in [2.45, 2.75) is 10.8 Å². The molecule has 0 radical (unpaired) electrons. The SMILES string of the molecule is C=CCOC(=O)C1CC1(Cl)Cl. The van der Waals surface area contributed by atoms with Gasteiger partial charge in [-0.15, -0.1) is 23.2 Å². The first kappa shape index (κ1) is 8.88. The van der Waals surface area contributed by atoms with Gasteiger partial charge in [-0.2, -0.15) is 0 Å². The molecule has 11 heavy (non-hydrogen) atoms. The molecule has 1 atom stereocenters. The Balaban J connectivity index is 2.28. The maximum atomic E-state index is 10.9. The third kappa shape index (κ3) is 2.11. The first-order valence-electron chi connectivity index (χ1n) is 3.23. The number of ether oxygens (including phenoxy) is 1. The van der Waals surface area contributed by atoms with E-state index < -0.39 is 4.33 Å². The highest BCUT2D eigenvalue weighted by Crippen LogP contribution is 2.53. The fraction of sp³-hybridized carbons (Fsp3) is 0.571. The molecule has 0 bridgehead atoms. The molecule has 0 aromatic heterocycles. The van der Waals surface area contributed by atoms with Gasteiger partial charge in [0, 0.05) is 0 Å². The maximum absolute atomic E-state index is 10.9. The molecule has 4 heteroatoms. The van der Waals surface area contributed by atoms with Crippen LogP contribution in [0.4, 0.5) is 0 Å². The van der Waals surface area contributed by atoms with E-state index in [1.54, 1.807) is 0 Å². The molecule has 1 fully saturated rings. The van der Waals surface area contributed by atoms with Crippen LogP contribution in [0.5, 0.6) is 0 Å². The van der Waals surface area contributed by atoms with Crippen LogP contribution >= 0.6 is 23.2 Å². The summed E-state index contributed by atoms with van der Waals surface area (Å²) in [4.78, 5) is 10.9. The molecule has 0 N–H and O–H groups in total. The van der Waals surface area contributed by atoms with E-state index in [-0.39, 0.29) is 18.5 Å². The molecule has 0 aliphatic heterocycles. The van der Waals surface area contributed by atoms with Crippen molar-refractivity contribution in [1.29, 1.82) is 0 Å². The average Bonchev–Trinajstić information content (AvgIpc) is 2.55. The Kier molecular flexibility index (Phi) is 2.45. The molecule has 62 valence electrons. The van der Waals surface area contributed by atoms with Gasteiger partial charge in [0.25, 0.3) is 0 Å². The summed E-state index contributed by atoms with van der Waals surface area (Å²) in [6.07, 6.45) is 2.00. The highest BCUT2D eigenvalue weighted by molar-refractivity contribution is 6.52. The van der Waals surface area contributed by atoms with E-state index in [0.29, 0.717) is 6.42 Å². The minimum atomic E-state index is -0.877. The molecular weight excluding hydrogens is 187 g/mol. The molecule has 0 aromatic rings. The summed E-state index contributed by atoms with van der Waals surface area (Å²) >= 11 is 11.2. The molecule has 1 unspecified atom stereocenters. The lowest BCUT2D eigenvalue weighted by Crippen LogP contribution is -2.10. The Hall–Kier alpha value is -0.210. The van der Waals surface area contributed by atoms with Crippen LogP contribution < -0.4 is 0 Å². The lowest BCUT2D eigenvalue weighted by atomic mass is 10.4. The van der Waals surface area contributed by atoms with Crippen molar-refractivity contribution in [3.05, 3.63) is 12.7 Å². The number of hydrogen-bond donors (Lipinski definition) is 0. The maximum Gasteiger partial charge on any atom is 0.312 e. The van der Waals surface area contributed by atoms with Crippen molar-refractivity contribution in [1.82, 2.24) is 0 Å². The third-order valence-corrected chi connectivity index (χ3v) is 2.29. The van der Waals surface area contributed by atoms with Crippen LogP contribution in [-0.4, -0.2) is 16.9 Å². The first-order valence-corrected chi connectivity index (χ1v) is 3.99. The predicted octanol–water partition coefficient (Wildman–Crippen LogP) is 1.91. The zero-order valence-electron chi connectivity index (χ0n) is 5.85. The number of carbonyl (C=O) groups excluding carboxylic acids is 1. The second-order valence-electron chi connectivity index (χ2n) is 2.44. The molecule has 0 aromatic carbocycles. The highest BCUT2D eigenvalue weighted by Gasteiger charge is 2.57. The lowest BCUT2D eigenvalue weighted by Gasteiger charge is -1.99. The zero-order chi connectivity index (χ0) is 8.48. The van der Waals surface area contributed by atoms with Gasteiger partial charge in [-0.25, -0.2) is 0 Å². The summed E-state index contributed by atoms with van der Waals surface area (Å²) in [5.74, 6) is -0.680. The number of carbonyl (C=O) groups is 1. The fourth-order valence-corrected chi connectivity index (χ4v) is 1.20. The first-order chi connectivity index (χ1) is 5.08. The van der Waals surface area contributed by atoms with Gasteiger partial charge in [0.2, 0.25) is 0 Å². The van der Waals surface area contributed by atoms with Crippen molar-refractivity contribution in [3.8, 4) is 0 Å². The van der Waals surface area contributed by atoms with Crippen LogP contribution in [0.15, 0.2) is 12.7 Å². The summed E-state index contributed by atoms with van der Waals surface area (Å²) in [5.41, 5.74) is 0. The molecule has 1 rings (SSSR count). The largest absolute Gasteiger partial charge is 0.461 e. The molecule has 0 saturated heterocycles.